The third kappa shape index (κ3) is 5.73. The van der Waals surface area contributed by atoms with Crippen molar-refractivity contribution in [1.82, 2.24) is 0 Å². The second-order valence-corrected chi connectivity index (χ2v) is 5.54. The lowest BCUT2D eigenvalue weighted by Crippen LogP contribution is -2.23. The van der Waals surface area contributed by atoms with Gasteiger partial charge in [0.05, 0.1) is 23.8 Å². The van der Waals surface area contributed by atoms with Gasteiger partial charge in [-0.3, -0.25) is 9.59 Å². The molecule has 1 aromatic rings. The molecule has 0 saturated heterocycles. The molecule has 6 nitrogen and oxygen atoms in total. The Hall–Kier alpha value is -2.37. The highest BCUT2D eigenvalue weighted by molar-refractivity contribution is 6.01. The van der Waals surface area contributed by atoms with Crippen LogP contribution in [-0.4, -0.2) is 29.6 Å². The second-order valence-electron chi connectivity index (χ2n) is 5.54. The van der Waals surface area contributed by atoms with Gasteiger partial charge in [-0.15, -0.1) is 0 Å². The number of esters is 1. The van der Waals surface area contributed by atoms with Crippen LogP contribution in [-0.2, 0) is 14.3 Å². The van der Waals surface area contributed by atoms with E-state index in [9.17, 15) is 14.4 Å². The first-order chi connectivity index (χ1) is 10.9. The van der Waals surface area contributed by atoms with Crippen molar-refractivity contribution in [3.8, 4) is 0 Å². The Morgan fingerprint density at radius 3 is 2.43 bits per heavy atom. The normalized spacial score (nSPS) is 11.8. The van der Waals surface area contributed by atoms with Crippen molar-refractivity contribution < 1.29 is 24.2 Å². The van der Waals surface area contributed by atoms with Crippen molar-refractivity contribution in [3.63, 3.8) is 0 Å². The van der Waals surface area contributed by atoms with Crippen LogP contribution in [0.3, 0.4) is 0 Å². The number of hydrogen-bond donors (Lipinski definition) is 2. The molecule has 6 heteroatoms. The van der Waals surface area contributed by atoms with Crippen LogP contribution < -0.4 is 5.32 Å². The lowest BCUT2D eigenvalue weighted by atomic mass is 9.91. The van der Waals surface area contributed by atoms with Crippen molar-refractivity contribution in [2.45, 2.75) is 33.6 Å². The average molecular weight is 321 g/mol. The van der Waals surface area contributed by atoms with E-state index in [4.69, 9.17) is 9.84 Å². The fraction of sp³-hybridized carbons (Fsp3) is 0.471. The molecule has 1 rings (SSSR count). The molecular weight excluding hydrogens is 298 g/mol. The van der Waals surface area contributed by atoms with E-state index in [0.29, 0.717) is 5.69 Å². The molecule has 0 radical (unpaired) electrons. The Bertz CT molecular complexity index is 568. The molecular formula is C17H23NO5. The summed E-state index contributed by atoms with van der Waals surface area (Å²) in [6, 6.07) is 6.57. The zero-order valence-electron chi connectivity index (χ0n) is 13.7. The summed E-state index contributed by atoms with van der Waals surface area (Å²) >= 11 is 0. The van der Waals surface area contributed by atoms with Crippen LogP contribution in [0.25, 0.3) is 0 Å². The summed E-state index contributed by atoms with van der Waals surface area (Å²) in [6.45, 7) is 5.58. The first-order valence-corrected chi connectivity index (χ1v) is 7.65. The molecule has 0 saturated carbocycles. The zero-order chi connectivity index (χ0) is 17.4. The molecule has 0 spiro atoms. The van der Waals surface area contributed by atoms with Crippen LogP contribution in [0.4, 0.5) is 5.69 Å². The molecule has 0 aliphatic rings. The van der Waals surface area contributed by atoms with Crippen LogP contribution in [0, 0.1) is 11.8 Å². The first-order valence-electron chi connectivity index (χ1n) is 7.65. The molecule has 1 amide bonds. The SMILES string of the molecule is CCOC(=O)c1ccccc1NC(=O)CC[C@H](C(=O)O)C(C)C. The average Bonchev–Trinajstić information content (AvgIpc) is 2.47. The van der Waals surface area contributed by atoms with Gasteiger partial charge < -0.3 is 15.2 Å². The number of aliphatic carboxylic acids is 1. The van der Waals surface area contributed by atoms with Gasteiger partial charge in [-0.25, -0.2) is 4.79 Å². The first kappa shape index (κ1) is 18.7. The van der Waals surface area contributed by atoms with Crippen LogP contribution in [0.1, 0.15) is 44.0 Å². The number of nitrogens with one attached hydrogen (secondary N) is 1. The minimum atomic E-state index is -0.903. The fourth-order valence-electron chi connectivity index (χ4n) is 2.22. The predicted molar refractivity (Wildman–Crippen MR) is 86.2 cm³/mol. The monoisotopic (exact) mass is 321 g/mol. The van der Waals surface area contributed by atoms with E-state index in [1.807, 2.05) is 13.8 Å². The van der Waals surface area contributed by atoms with Crippen LogP contribution in [0.2, 0.25) is 0 Å². The molecule has 0 fully saturated rings. The van der Waals surface area contributed by atoms with E-state index in [1.165, 1.54) is 0 Å². The fourth-order valence-corrected chi connectivity index (χ4v) is 2.22. The molecule has 0 unspecified atom stereocenters. The number of benzene rings is 1. The number of ether oxygens (including phenoxy) is 1. The Kier molecular flexibility index (Phi) is 7.25. The lowest BCUT2D eigenvalue weighted by molar-refractivity contribution is -0.143. The highest BCUT2D eigenvalue weighted by atomic mass is 16.5. The number of carbonyl (C=O) groups excluding carboxylic acids is 2. The molecule has 0 aliphatic heterocycles. The summed E-state index contributed by atoms with van der Waals surface area (Å²) in [4.78, 5) is 35.0. The Labute approximate surface area is 135 Å². The Balaban J connectivity index is 2.71. The molecule has 1 atom stereocenters. The zero-order valence-corrected chi connectivity index (χ0v) is 13.7. The van der Waals surface area contributed by atoms with Crippen molar-refractivity contribution in [1.29, 1.82) is 0 Å². The number of carbonyl (C=O) groups is 3. The third-order valence-electron chi connectivity index (χ3n) is 3.50. The van der Waals surface area contributed by atoms with Crippen molar-refractivity contribution in [2.75, 3.05) is 11.9 Å². The molecule has 0 heterocycles. The van der Waals surface area contributed by atoms with Gasteiger partial charge in [0, 0.05) is 6.42 Å². The second kappa shape index (κ2) is 8.92. The van der Waals surface area contributed by atoms with Crippen LogP contribution in [0.15, 0.2) is 24.3 Å². The molecule has 23 heavy (non-hydrogen) atoms. The van der Waals surface area contributed by atoms with Crippen molar-refractivity contribution in [3.05, 3.63) is 29.8 Å². The lowest BCUT2D eigenvalue weighted by Gasteiger charge is -2.16. The highest BCUT2D eigenvalue weighted by Gasteiger charge is 2.22. The third-order valence-corrected chi connectivity index (χ3v) is 3.50. The van der Waals surface area contributed by atoms with E-state index in [1.54, 1.807) is 31.2 Å². The molecule has 0 bridgehead atoms. The Morgan fingerprint density at radius 2 is 1.87 bits per heavy atom. The maximum Gasteiger partial charge on any atom is 0.340 e. The summed E-state index contributed by atoms with van der Waals surface area (Å²) in [6.07, 6.45) is 0.326. The topological polar surface area (TPSA) is 92.7 Å². The standard InChI is InChI=1S/C17H23NO5/c1-4-23-17(22)13-7-5-6-8-14(13)18-15(19)10-9-12(11(2)3)16(20)21/h5-8,11-12H,4,9-10H2,1-3H3,(H,18,19)(H,20,21)/t12-/m0/s1. The molecule has 126 valence electrons. The van der Waals surface area contributed by atoms with Gasteiger partial charge in [-0.1, -0.05) is 26.0 Å². The molecule has 0 aliphatic carbocycles. The van der Waals surface area contributed by atoms with Gasteiger partial charge in [0.1, 0.15) is 0 Å². The largest absolute Gasteiger partial charge is 0.481 e. The van der Waals surface area contributed by atoms with Crippen molar-refractivity contribution in [2.24, 2.45) is 11.8 Å². The predicted octanol–water partition coefficient (Wildman–Crippen LogP) is 2.94. The van der Waals surface area contributed by atoms with E-state index < -0.39 is 17.9 Å². The number of carboxylic acids is 1. The van der Waals surface area contributed by atoms with Gasteiger partial charge >= 0.3 is 11.9 Å². The highest BCUT2D eigenvalue weighted by Crippen LogP contribution is 2.20. The van der Waals surface area contributed by atoms with Gasteiger partial charge in [0.15, 0.2) is 0 Å². The van der Waals surface area contributed by atoms with E-state index in [-0.39, 0.29) is 36.8 Å². The molecule has 0 aromatic heterocycles. The molecule has 1 aromatic carbocycles. The number of amides is 1. The number of carboxylic acid groups (broad SMARTS) is 1. The van der Waals surface area contributed by atoms with Crippen LogP contribution in [0.5, 0.6) is 0 Å². The van der Waals surface area contributed by atoms with Gasteiger partial charge in [0.2, 0.25) is 5.91 Å². The van der Waals surface area contributed by atoms with Gasteiger partial charge in [-0.05, 0) is 31.4 Å². The van der Waals surface area contributed by atoms with E-state index >= 15 is 0 Å². The maximum absolute atomic E-state index is 12.0. The number of hydrogen-bond acceptors (Lipinski definition) is 4. The van der Waals surface area contributed by atoms with Gasteiger partial charge in [0.25, 0.3) is 0 Å². The Morgan fingerprint density at radius 1 is 1.22 bits per heavy atom. The minimum absolute atomic E-state index is 0.0490. The minimum Gasteiger partial charge on any atom is -0.481 e. The summed E-state index contributed by atoms with van der Waals surface area (Å²) in [7, 11) is 0. The van der Waals surface area contributed by atoms with Crippen molar-refractivity contribution >= 4 is 23.5 Å². The summed E-state index contributed by atoms with van der Waals surface area (Å²) in [5, 5.41) is 11.8. The summed E-state index contributed by atoms with van der Waals surface area (Å²) in [5.74, 6) is -2.35. The van der Waals surface area contributed by atoms with Crippen LogP contribution >= 0.6 is 0 Å². The number of para-hydroxylation sites is 1. The number of rotatable bonds is 8. The summed E-state index contributed by atoms with van der Waals surface area (Å²) in [5.41, 5.74) is 0.647. The summed E-state index contributed by atoms with van der Waals surface area (Å²) < 4.78 is 4.94. The van der Waals surface area contributed by atoms with E-state index in [2.05, 4.69) is 5.32 Å². The smallest absolute Gasteiger partial charge is 0.340 e. The maximum atomic E-state index is 12.0. The molecule has 2 N–H and O–H groups in total. The number of anilines is 1. The van der Waals surface area contributed by atoms with E-state index in [0.717, 1.165) is 0 Å². The van der Waals surface area contributed by atoms with Gasteiger partial charge in [-0.2, -0.15) is 0 Å². The quantitative estimate of drug-likeness (QED) is 0.718.